The maximum absolute atomic E-state index is 12.2. The summed E-state index contributed by atoms with van der Waals surface area (Å²) in [6, 6.07) is 2.60. The number of aliphatic hydroxyl groups is 1. The fourth-order valence-corrected chi connectivity index (χ4v) is 2.46. The van der Waals surface area contributed by atoms with E-state index in [9.17, 15) is 9.59 Å². The number of furan rings is 1. The Bertz CT molecular complexity index is 458. The highest BCUT2D eigenvalue weighted by Gasteiger charge is 2.29. The summed E-state index contributed by atoms with van der Waals surface area (Å²) < 4.78 is 4.99. The van der Waals surface area contributed by atoms with Gasteiger partial charge in [0.05, 0.1) is 6.26 Å². The van der Waals surface area contributed by atoms with E-state index in [4.69, 9.17) is 9.52 Å². The van der Waals surface area contributed by atoms with Crippen LogP contribution in [0.3, 0.4) is 0 Å². The van der Waals surface area contributed by atoms with E-state index in [2.05, 4.69) is 5.32 Å². The van der Waals surface area contributed by atoms with Crippen molar-refractivity contribution in [1.29, 1.82) is 0 Å². The molecule has 0 aromatic carbocycles. The van der Waals surface area contributed by atoms with Gasteiger partial charge < -0.3 is 19.7 Å². The monoisotopic (exact) mass is 280 g/mol. The average molecular weight is 280 g/mol. The fourth-order valence-electron chi connectivity index (χ4n) is 2.46. The highest BCUT2D eigenvalue weighted by molar-refractivity contribution is 5.95. The molecule has 0 saturated carbocycles. The van der Waals surface area contributed by atoms with Gasteiger partial charge in [-0.15, -0.1) is 0 Å². The number of carbonyl (C=O) groups excluding carboxylic acids is 2. The Hall–Kier alpha value is -1.82. The molecular weight excluding hydrogens is 260 g/mol. The molecule has 1 aliphatic heterocycles. The van der Waals surface area contributed by atoms with Crippen LogP contribution in [0.5, 0.6) is 0 Å². The van der Waals surface area contributed by atoms with Gasteiger partial charge >= 0.3 is 0 Å². The molecule has 0 radical (unpaired) electrons. The number of aliphatic hydroxyl groups excluding tert-OH is 1. The number of likely N-dealkylation sites (tertiary alicyclic amines) is 1. The summed E-state index contributed by atoms with van der Waals surface area (Å²) in [7, 11) is 0. The molecule has 110 valence electrons. The Morgan fingerprint density at radius 2 is 2.40 bits per heavy atom. The quantitative estimate of drug-likeness (QED) is 0.828. The number of rotatable bonds is 5. The maximum atomic E-state index is 12.2. The zero-order valence-corrected chi connectivity index (χ0v) is 11.5. The van der Waals surface area contributed by atoms with Crippen LogP contribution in [0.2, 0.25) is 0 Å². The third kappa shape index (κ3) is 3.39. The van der Waals surface area contributed by atoms with Crippen LogP contribution in [0.1, 0.15) is 30.3 Å². The molecule has 6 nitrogen and oxygen atoms in total. The Morgan fingerprint density at radius 3 is 3.05 bits per heavy atom. The predicted octanol–water partition coefficient (Wildman–Crippen LogP) is 0.629. The normalized spacial score (nSPS) is 19.9. The molecule has 2 unspecified atom stereocenters. The molecule has 2 amide bonds. The molecule has 1 saturated heterocycles. The Morgan fingerprint density at radius 1 is 1.60 bits per heavy atom. The van der Waals surface area contributed by atoms with Crippen molar-refractivity contribution in [1.82, 2.24) is 10.2 Å². The number of carbonyl (C=O) groups is 2. The first-order chi connectivity index (χ1) is 9.61. The Balaban J connectivity index is 1.85. The predicted molar refractivity (Wildman–Crippen MR) is 72.0 cm³/mol. The van der Waals surface area contributed by atoms with Gasteiger partial charge in [0.25, 0.3) is 5.91 Å². The molecule has 1 aliphatic rings. The topological polar surface area (TPSA) is 82.8 Å². The van der Waals surface area contributed by atoms with Gasteiger partial charge in [-0.3, -0.25) is 9.59 Å². The Labute approximate surface area is 117 Å². The summed E-state index contributed by atoms with van der Waals surface area (Å²) in [5, 5.41) is 11.5. The lowest BCUT2D eigenvalue weighted by Crippen LogP contribution is -2.46. The van der Waals surface area contributed by atoms with Crippen molar-refractivity contribution >= 4 is 11.8 Å². The van der Waals surface area contributed by atoms with E-state index >= 15 is 0 Å². The van der Waals surface area contributed by atoms with Gasteiger partial charge in [-0.2, -0.15) is 0 Å². The highest BCUT2D eigenvalue weighted by Crippen LogP contribution is 2.19. The molecular formula is C14H20N2O4. The average Bonchev–Trinajstić information content (AvgIpc) is 3.09. The van der Waals surface area contributed by atoms with Gasteiger partial charge in [0, 0.05) is 19.7 Å². The first-order valence-corrected chi connectivity index (χ1v) is 6.86. The van der Waals surface area contributed by atoms with Crippen LogP contribution in [0.15, 0.2) is 22.8 Å². The van der Waals surface area contributed by atoms with Crippen molar-refractivity contribution in [2.45, 2.75) is 25.8 Å². The minimum Gasteiger partial charge on any atom is -0.459 e. The lowest BCUT2D eigenvalue weighted by molar-refractivity contribution is -0.131. The molecule has 0 bridgehead atoms. The third-order valence-electron chi connectivity index (χ3n) is 3.60. The highest BCUT2D eigenvalue weighted by atomic mass is 16.3. The number of hydrogen-bond acceptors (Lipinski definition) is 4. The van der Waals surface area contributed by atoms with E-state index in [0.717, 1.165) is 12.8 Å². The molecule has 2 N–H and O–H groups in total. The molecule has 6 heteroatoms. The van der Waals surface area contributed by atoms with Gasteiger partial charge in [-0.25, -0.2) is 0 Å². The second-order valence-corrected chi connectivity index (χ2v) is 5.12. The van der Waals surface area contributed by atoms with Crippen molar-refractivity contribution in [3.63, 3.8) is 0 Å². The van der Waals surface area contributed by atoms with Gasteiger partial charge in [0.15, 0.2) is 5.76 Å². The van der Waals surface area contributed by atoms with E-state index in [1.165, 1.54) is 6.26 Å². The van der Waals surface area contributed by atoms with Crippen molar-refractivity contribution < 1.29 is 19.1 Å². The molecule has 0 spiro atoms. The van der Waals surface area contributed by atoms with Crippen LogP contribution in [0.25, 0.3) is 0 Å². The van der Waals surface area contributed by atoms with Crippen LogP contribution in [-0.2, 0) is 4.79 Å². The molecule has 2 atom stereocenters. The maximum Gasteiger partial charge on any atom is 0.287 e. The van der Waals surface area contributed by atoms with E-state index in [1.54, 1.807) is 24.0 Å². The molecule has 20 heavy (non-hydrogen) atoms. The summed E-state index contributed by atoms with van der Waals surface area (Å²) in [4.78, 5) is 25.8. The molecule has 0 aliphatic carbocycles. The minimum atomic E-state index is -0.583. The zero-order chi connectivity index (χ0) is 14.5. The first-order valence-electron chi connectivity index (χ1n) is 6.86. The Kier molecular flexibility index (Phi) is 4.79. The summed E-state index contributed by atoms with van der Waals surface area (Å²) in [6.07, 6.45) is 3.05. The van der Waals surface area contributed by atoms with Crippen LogP contribution >= 0.6 is 0 Å². The van der Waals surface area contributed by atoms with E-state index in [1.807, 2.05) is 0 Å². The molecule has 2 heterocycles. The smallest absolute Gasteiger partial charge is 0.287 e. The van der Waals surface area contributed by atoms with Gasteiger partial charge in [0.1, 0.15) is 6.04 Å². The fraction of sp³-hybridized carbons (Fsp3) is 0.571. The SMILES string of the molecule is CC(NC(=O)c1ccco1)C(=O)N1CCC(CCO)C1. The van der Waals surface area contributed by atoms with Crippen molar-refractivity contribution in [2.24, 2.45) is 5.92 Å². The minimum absolute atomic E-state index is 0.0923. The van der Waals surface area contributed by atoms with E-state index in [0.29, 0.717) is 19.0 Å². The van der Waals surface area contributed by atoms with Gasteiger partial charge in [-0.05, 0) is 37.8 Å². The second-order valence-electron chi connectivity index (χ2n) is 5.12. The number of nitrogens with zero attached hydrogens (tertiary/aromatic N) is 1. The van der Waals surface area contributed by atoms with E-state index < -0.39 is 6.04 Å². The van der Waals surface area contributed by atoms with Gasteiger partial charge in [0.2, 0.25) is 5.91 Å². The van der Waals surface area contributed by atoms with Crippen LogP contribution in [0.4, 0.5) is 0 Å². The summed E-state index contributed by atoms with van der Waals surface area (Å²) in [5.74, 6) is 0.0773. The van der Waals surface area contributed by atoms with Crippen LogP contribution in [0, 0.1) is 5.92 Å². The molecule has 1 aromatic rings. The number of amides is 2. The first kappa shape index (κ1) is 14.6. The third-order valence-corrected chi connectivity index (χ3v) is 3.60. The summed E-state index contributed by atoms with van der Waals surface area (Å²) in [5.41, 5.74) is 0. The zero-order valence-electron chi connectivity index (χ0n) is 11.5. The van der Waals surface area contributed by atoms with Crippen LogP contribution in [-0.4, -0.2) is 47.6 Å². The lowest BCUT2D eigenvalue weighted by Gasteiger charge is -2.21. The van der Waals surface area contributed by atoms with Gasteiger partial charge in [-0.1, -0.05) is 0 Å². The van der Waals surface area contributed by atoms with E-state index in [-0.39, 0.29) is 24.2 Å². The molecule has 1 aromatic heterocycles. The number of hydrogen-bond donors (Lipinski definition) is 2. The van der Waals surface area contributed by atoms with Crippen molar-refractivity contribution in [3.05, 3.63) is 24.2 Å². The largest absolute Gasteiger partial charge is 0.459 e. The number of nitrogens with one attached hydrogen (secondary N) is 1. The summed E-state index contributed by atoms with van der Waals surface area (Å²) >= 11 is 0. The lowest BCUT2D eigenvalue weighted by atomic mass is 10.1. The second kappa shape index (κ2) is 6.56. The summed E-state index contributed by atoms with van der Waals surface area (Å²) in [6.45, 7) is 3.16. The van der Waals surface area contributed by atoms with Crippen molar-refractivity contribution in [2.75, 3.05) is 19.7 Å². The van der Waals surface area contributed by atoms with Crippen molar-refractivity contribution in [3.8, 4) is 0 Å². The molecule has 1 fully saturated rings. The molecule has 2 rings (SSSR count). The van der Waals surface area contributed by atoms with Crippen LogP contribution < -0.4 is 5.32 Å². The standard InChI is InChI=1S/C14H20N2O4/c1-10(15-13(18)12-3-2-8-20-12)14(19)16-6-4-11(9-16)5-7-17/h2-3,8,10-11,17H,4-7,9H2,1H3,(H,15,18).